The van der Waals surface area contributed by atoms with E-state index in [1.807, 2.05) is 19.1 Å². The van der Waals surface area contributed by atoms with Crippen molar-refractivity contribution in [1.82, 2.24) is 0 Å². The van der Waals surface area contributed by atoms with Crippen molar-refractivity contribution in [1.29, 1.82) is 0 Å². The van der Waals surface area contributed by atoms with Gasteiger partial charge in [-0.15, -0.1) is 0 Å². The molecule has 0 spiro atoms. The zero-order valence-corrected chi connectivity index (χ0v) is 12.1. The Morgan fingerprint density at radius 1 is 1.14 bits per heavy atom. The number of halogens is 1. The molecule has 0 saturated heterocycles. The fourth-order valence-electron chi connectivity index (χ4n) is 1.98. The Morgan fingerprint density at radius 2 is 1.71 bits per heavy atom. The lowest BCUT2D eigenvalue weighted by molar-refractivity contribution is -0.132. The number of hydrogen-bond acceptors (Lipinski definition) is 2. The minimum atomic E-state index is -1.57. The molecule has 0 fully saturated rings. The van der Waals surface area contributed by atoms with Crippen molar-refractivity contribution in [2.45, 2.75) is 25.9 Å². The lowest BCUT2D eigenvalue weighted by Gasteiger charge is -2.22. The lowest BCUT2D eigenvalue weighted by atomic mass is 9.95. The van der Waals surface area contributed by atoms with Gasteiger partial charge in [-0.2, -0.15) is 0 Å². The molecule has 2 rings (SSSR count). The highest BCUT2D eigenvalue weighted by molar-refractivity contribution is 5.97. The zero-order valence-electron chi connectivity index (χ0n) is 12.1. The van der Waals surface area contributed by atoms with Crippen LogP contribution in [0.5, 0.6) is 0 Å². The van der Waals surface area contributed by atoms with Crippen molar-refractivity contribution in [2.75, 3.05) is 5.32 Å². The monoisotopic (exact) mass is 287 g/mol. The molecule has 0 aliphatic carbocycles. The number of carbonyl (C=O) groups is 1. The van der Waals surface area contributed by atoms with E-state index < -0.39 is 11.5 Å². The smallest absolute Gasteiger partial charge is 0.256 e. The molecule has 2 aromatic rings. The fraction of sp³-hybridized carbons (Fsp3) is 0.235. The number of amides is 1. The van der Waals surface area contributed by atoms with Crippen molar-refractivity contribution in [3.05, 3.63) is 65.5 Å². The van der Waals surface area contributed by atoms with Crippen molar-refractivity contribution in [2.24, 2.45) is 0 Å². The van der Waals surface area contributed by atoms with E-state index in [2.05, 4.69) is 5.32 Å². The number of aliphatic hydroxyl groups is 1. The van der Waals surface area contributed by atoms with Crippen molar-refractivity contribution in [3.8, 4) is 0 Å². The summed E-state index contributed by atoms with van der Waals surface area (Å²) in [5.41, 5.74) is 0.847. The van der Waals surface area contributed by atoms with Crippen LogP contribution in [0.4, 0.5) is 10.1 Å². The molecule has 2 N–H and O–H groups in total. The van der Waals surface area contributed by atoms with Crippen molar-refractivity contribution >= 4 is 11.6 Å². The summed E-state index contributed by atoms with van der Waals surface area (Å²) in [7, 11) is 0. The first-order chi connectivity index (χ1) is 9.87. The van der Waals surface area contributed by atoms with E-state index in [-0.39, 0.29) is 12.2 Å². The second-order valence-corrected chi connectivity index (χ2v) is 5.40. The van der Waals surface area contributed by atoms with Gasteiger partial charge in [-0.3, -0.25) is 4.79 Å². The first-order valence-electron chi connectivity index (χ1n) is 6.72. The number of hydrogen-bond donors (Lipinski definition) is 2. The summed E-state index contributed by atoms with van der Waals surface area (Å²) in [6, 6.07) is 13.1. The standard InChI is InChI=1S/C17H18FNO2/c1-12-3-9-15(10-4-12)19-16(20)17(2,21)11-13-5-7-14(18)8-6-13/h3-10,21H,11H2,1-2H3,(H,19,20). The molecule has 2 aromatic carbocycles. The van der Waals surface area contributed by atoms with Crippen LogP contribution in [0.2, 0.25) is 0 Å². The van der Waals surface area contributed by atoms with Crippen LogP contribution in [-0.4, -0.2) is 16.6 Å². The van der Waals surface area contributed by atoms with E-state index in [4.69, 9.17) is 0 Å². The summed E-state index contributed by atoms with van der Waals surface area (Å²) in [5.74, 6) is -0.835. The average molecular weight is 287 g/mol. The molecule has 1 amide bonds. The molecular formula is C17H18FNO2. The van der Waals surface area contributed by atoms with Crippen LogP contribution in [0.3, 0.4) is 0 Å². The third kappa shape index (κ3) is 4.13. The molecule has 0 aliphatic heterocycles. The third-order valence-electron chi connectivity index (χ3n) is 3.26. The number of carbonyl (C=O) groups excluding carboxylic acids is 1. The second kappa shape index (κ2) is 6.06. The number of benzene rings is 2. The Bertz CT molecular complexity index is 618. The Balaban J connectivity index is 2.05. The van der Waals surface area contributed by atoms with Crippen molar-refractivity contribution < 1.29 is 14.3 Å². The van der Waals surface area contributed by atoms with Crippen LogP contribution in [0.1, 0.15) is 18.1 Å². The molecule has 1 atom stereocenters. The fourth-order valence-corrected chi connectivity index (χ4v) is 1.98. The van der Waals surface area contributed by atoms with E-state index in [0.29, 0.717) is 11.3 Å². The molecule has 110 valence electrons. The molecule has 4 heteroatoms. The predicted molar refractivity (Wildman–Crippen MR) is 80.5 cm³/mol. The van der Waals surface area contributed by atoms with Gasteiger partial charge < -0.3 is 10.4 Å². The summed E-state index contributed by atoms with van der Waals surface area (Å²) in [6.07, 6.45) is 0.116. The number of anilines is 1. The Hall–Kier alpha value is -2.20. The average Bonchev–Trinajstić information content (AvgIpc) is 2.43. The molecule has 0 aliphatic rings. The highest BCUT2D eigenvalue weighted by Gasteiger charge is 2.30. The van der Waals surface area contributed by atoms with Crippen LogP contribution >= 0.6 is 0 Å². The van der Waals surface area contributed by atoms with Crippen LogP contribution < -0.4 is 5.32 Å². The van der Waals surface area contributed by atoms with Gasteiger partial charge in [0.15, 0.2) is 0 Å². The van der Waals surface area contributed by atoms with Gasteiger partial charge in [0.05, 0.1) is 0 Å². The van der Waals surface area contributed by atoms with Gasteiger partial charge in [-0.25, -0.2) is 4.39 Å². The van der Waals surface area contributed by atoms with Crippen LogP contribution in [-0.2, 0) is 11.2 Å². The third-order valence-corrected chi connectivity index (χ3v) is 3.26. The normalized spacial score (nSPS) is 13.5. The first kappa shape index (κ1) is 15.2. The maximum absolute atomic E-state index is 12.9. The summed E-state index contributed by atoms with van der Waals surface area (Å²) in [4.78, 5) is 12.2. The lowest BCUT2D eigenvalue weighted by Crippen LogP contribution is -2.42. The molecule has 0 bridgehead atoms. The Morgan fingerprint density at radius 3 is 2.29 bits per heavy atom. The van der Waals surface area contributed by atoms with Gasteiger partial charge in [0.2, 0.25) is 0 Å². The Labute approximate surface area is 123 Å². The number of rotatable bonds is 4. The zero-order chi connectivity index (χ0) is 15.5. The largest absolute Gasteiger partial charge is 0.380 e. The molecule has 0 saturated carbocycles. The maximum atomic E-state index is 12.9. The highest BCUT2D eigenvalue weighted by Crippen LogP contribution is 2.17. The molecule has 0 heterocycles. The number of nitrogens with one attached hydrogen (secondary N) is 1. The molecule has 0 aromatic heterocycles. The minimum Gasteiger partial charge on any atom is -0.380 e. The van der Waals surface area contributed by atoms with Gasteiger partial charge in [-0.05, 0) is 43.7 Å². The summed E-state index contributed by atoms with van der Waals surface area (Å²) in [6.45, 7) is 3.40. The van der Waals surface area contributed by atoms with Crippen molar-refractivity contribution in [3.63, 3.8) is 0 Å². The summed E-state index contributed by atoms with van der Waals surface area (Å²) in [5, 5.41) is 13.0. The van der Waals surface area contributed by atoms with E-state index >= 15 is 0 Å². The van der Waals surface area contributed by atoms with Gasteiger partial charge in [0.1, 0.15) is 11.4 Å². The first-order valence-corrected chi connectivity index (χ1v) is 6.72. The topological polar surface area (TPSA) is 49.3 Å². The van der Waals surface area contributed by atoms with E-state index in [0.717, 1.165) is 5.56 Å². The second-order valence-electron chi connectivity index (χ2n) is 5.40. The summed E-state index contributed by atoms with van der Waals surface area (Å²) < 4.78 is 12.9. The van der Waals surface area contributed by atoms with Gasteiger partial charge in [-0.1, -0.05) is 29.8 Å². The van der Waals surface area contributed by atoms with Gasteiger partial charge >= 0.3 is 0 Å². The van der Waals surface area contributed by atoms with E-state index in [1.54, 1.807) is 24.3 Å². The van der Waals surface area contributed by atoms with Crippen LogP contribution in [0, 0.1) is 12.7 Å². The number of aryl methyl sites for hydroxylation is 1. The highest BCUT2D eigenvalue weighted by atomic mass is 19.1. The minimum absolute atomic E-state index is 0.116. The molecule has 0 radical (unpaired) electrons. The molecular weight excluding hydrogens is 269 g/mol. The van der Waals surface area contributed by atoms with Crippen LogP contribution in [0.15, 0.2) is 48.5 Å². The predicted octanol–water partition coefficient (Wildman–Crippen LogP) is 3.07. The SMILES string of the molecule is Cc1ccc(NC(=O)C(C)(O)Cc2ccc(F)cc2)cc1. The van der Waals surface area contributed by atoms with Crippen LogP contribution in [0.25, 0.3) is 0 Å². The van der Waals surface area contributed by atoms with E-state index in [9.17, 15) is 14.3 Å². The quantitative estimate of drug-likeness (QED) is 0.908. The molecule has 3 nitrogen and oxygen atoms in total. The maximum Gasteiger partial charge on any atom is 0.256 e. The molecule has 21 heavy (non-hydrogen) atoms. The van der Waals surface area contributed by atoms with E-state index in [1.165, 1.54) is 19.1 Å². The Kier molecular flexibility index (Phi) is 4.38. The molecule has 1 unspecified atom stereocenters. The van der Waals surface area contributed by atoms with Gasteiger partial charge in [0.25, 0.3) is 5.91 Å². The van der Waals surface area contributed by atoms with Gasteiger partial charge in [0, 0.05) is 12.1 Å². The summed E-state index contributed by atoms with van der Waals surface area (Å²) >= 11 is 0.